The Bertz CT molecular complexity index is 3110. The third kappa shape index (κ3) is 4.52. The summed E-state index contributed by atoms with van der Waals surface area (Å²) in [7, 11) is 0. The van der Waals surface area contributed by atoms with Crippen LogP contribution in [0.3, 0.4) is 0 Å². The largest absolute Gasteiger partial charge is 0.309 e. The predicted octanol–water partition coefficient (Wildman–Crippen LogP) is 11.1. The minimum Gasteiger partial charge on any atom is -0.309 e. The number of rotatable bonds is 5. The Morgan fingerprint density at radius 3 is 1.52 bits per heavy atom. The highest BCUT2D eigenvalue weighted by atomic mass is 15.2. The molecule has 3 heterocycles. The Hall–Kier alpha value is -6.85. The van der Waals surface area contributed by atoms with Crippen LogP contribution >= 0.6 is 0 Å². The van der Waals surface area contributed by atoms with Crippen molar-refractivity contribution in [3.63, 3.8) is 0 Å². The van der Waals surface area contributed by atoms with Crippen LogP contribution in [0.25, 0.3) is 89.2 Å². The molecule has 0 unspecified atom stereocenters. The zero-order chi connectivity index (χ0) is 37.4. The lowest BCUT2D eigenvalue weighted by molar-refractivity contribution is 0.954. The molecule has 0 fully saturated rings. The molecule has 0 aliphatic heterocycles. The molecule has 0 atom stereocenters. The molecule has 7 aromatic carbocycles. The highest BCUT2D eigenvalue weighted by molar-refractivity contribution is 6.18. The van der Waals surface area contributed by atoms with E-state index in [1.165, 1.54) is 0 Å². The number of nitrogens with zero attached hydrogens (tertiary/aromatic N) is 5. The second-order valence-electron chi connectivity index (χ2n) is 12.2. The molecule has 5 nitrogen and oxygen atoms in total. The van der Waals surface area contributed by atoms with Gasteiger partial charge in [-0.25, -0.2) is 4.98 Å². The van der Waals surface area contributed by atoms with Gasteiger partial charge in [0, 0.05) is 38.4 Å². The lowest BCUT2D eigenvalue weighted by Crippen LogP contribution is -2.06. The summed E-state index contributed by atoms with van der Waals surface area (Å²) in [6.45, 7) is 0. The summed E-state index contributed by atoms with van der Waals surface area (Å²) in [5, 5.41) is 4.38. The van der Waals surface area contributed by atoms with Crippen molar-refractivity contribution in [2.45, 2.75) is 0 Å². The van der Waals surface area contributed by atoms with Crippen LogP contribution in [-0.2, 0) is 0 Å². The summed E-state index contributed by atoms with van der Waals surface area (Å²) < 4.78 is 45.7. The highest BCUT2D eigenvalue weighted by Gasteiger charge is 2.21. The summed E-state index contributed by atoms with van der Waals surface area (Å²) in [6.07, 6.45) is 0. The highest BCUT2D eigenvalue weighted by Crippen LogP contribution is 2.39. The van der Waals surface area contributed by atoms with Crippen LogP contribution in [-0.4, -0.2) is 24.1 Å². The fourth-order valence-corrected chi connectivity index (χ4v) is 6.99. The van der Waals surface area contributed by atoms with Gasteiger partial charge in [-0.1, -0.05) is 139 Å². The minimum atomic E-state index is -0.422. The van der Waals surface area contributed by atoms with Crippen LogP contribution in [0.15, 0.2) is 176 Å². The molecule has 10 aromatic rings. The normalized spacial score (nSPS) is 13.0. The summed E-state index contributed by atoms with van der Waals surface area (Å²) >= 11 is 0. The molecule has 5 heteroatoms. The summed E-state index contributed by atoms with van der Waals surface area (Å²) in [5.74, 6) is 1.39. The fraction of sp³-hybridized carbons (Fsp3) is 0. The maximum atomic E-state index is 8.48. The van der Waals surface area contributed by atoms with Gasteiger partial charge in [0.15, 0.2) is 11.6 Å². The zero-order valence-electron chi connectivity index (χ0n) is 31.6. The Morgan fingerprint density at radius 2 is 0.880 bits per heavy atom. The van der Waals surface area contributed by atoms with Crippen molar-refractivity contribution < 1.29 is 6.85 Å². The van der Waals surface area contributed by atoms with Crippen molar-refractivity contribution >= 4 is 43.6 Å². The van der Waals surface area contributed by atoms with Crippen LogP contribution in [0.4, 0.5) is 0 Å². The molecule has 0 saturated heterocycles. The summed E-state index contributed by atoms with van der Waals surface area (Å²) in [4.78, 5) is 15.2. The first-order valence-corrected chi connectivity index (χ1v) is 16.4. The van der Waals surface area contributed by atoms with Gasteiger partial charge < -0.3 is 4.57 Å². The first kappa shape index (κ1) is 23.5. The van der Waals surface area contributed by atoms with E-state index in [0.717, 1.165) is 54.9 Å². The molecule has 0 amide bonds. The molecule has 0 aliphatic rings. The number of benzene rings is 7. The van der Waals surface area contributed by atoms with Gasteiger partial charge in [0.25, 0.3) is 0 Å². The Morgan fingerprint density at radius 1 is 0.380 bits per heavy atom. The van der Waals surface area contributed by atoms with Crippen LogP contribution in [0.2, 0.25) is 0 Å². The first-order valence-electron chi connectivity index (χ1n) is 18.9. The topological polar surface area (TPSA) is 48.5 Å². The van der Waals surface area contributed by atoms with Crippen molar-refractivity contribution in [3.05, 3.63) is 176 Å². The zero-order valence-corrected chi connectivity index (χ0v) is 26.6. The van der Waals surface area contributed by atoms with E-state index in [1.54, 1.807) is 12.1 Å². The van der Waals surface area contributed by atoms with E-state index >= 15 is 0 Å². The van der Waals surface area contributed by atoms with E-state index in [-0.39, 0.29) is 29.7 Å². The third-order valence-corrected chi connectivity index (χ3v) is 9.27. The van der Waals surface area contributed by atoms with Gasteiger partial charge in [0.05, 0.1) is 28.9 Å². The Kier molecular flexibility index (Phi) is 5.35. The van der Waals surface area contributed by atoms with Crippen LogP contribution in [0.1, 0.15) is 6.85 Å². The van der Waals surface area contributed by atoms with Crippen molar-refractivity contribution in [3.8, 4) is 45.5 Å². The SMILES string of the molecule is [2H]c1c([2H])c([2H])c(-c2ccc(-c3nc(-c4ccccc4)nc(-n4c5ccccc5c5cc6c(cc54)c4ccccc4n6-c4ccccc4)n3)cc2)c([2H])c1[2H]. The fourth-order valence-electron chi connectivity index (χ4n) is 6.99. The van der Waals surface area contributed by atoms with Crippen LogP contribution < -0.4 is 0 Å². The average molecular weight is 645 g/mol. The minimum absolute atomic E-state index is 0.143. The van der Waals surface area contributed by atoms with E-state index in [4.69, 9.17) is 21.8 Å². The van der Waals surface area contributed by atoms with Crippen molar-refractivity contribution in [1.82, 2.24) is 24.1 Å². The summed E-state index contributed by atoms with van der Waals surface area (Å²) in [6, 6.07) is 47.0. The van der Waals surface area contributed by atoms with E-state index in [1.807, 2.05) is 60.7 Å². The molecule has 50 heavy (non-hydrogen) atoms. The van der Waals surface area contributed by atoms with E-state index in [2.05, 4.69) is 81.9 Å². The molecule has 0 saturated carbocycles. The molecular weight excluding hydrogens is 611 g/mol. The molecule has 10 rings (SSSR count). The predicted molar refractivity (Wildman–Crippen MR) is 205 cm³/mol. The monoisotopic (exact) mass is 644 g/mol. The molecule has 0 N–H and O–H groups in total. The molecule has 0 bridgehead atoms. The van der Waals surface area contributed by atoms with Crippen molar-refractivity contribution in [2.24, 2.45) is 0 Å². The van der Waals surface area contributed by atoms with Crippen LogP contribution in [0.5, 0.6) is 0 Å². The third-order valence-electron chi connectivity index (χ3n) is 9.27. The quantitative estimate of drug-likeness (QED) is 0.187. The van der Waals surface area contributed by atoms with E-state index in [9.17, 15) is 0 Å². The lowest BCUT2D eigenvalue weighted by Gasteiger charge is -2.11. The maximum absolute atomic E-state index is 8.48. The van der Waals surface area contributed by atoms with Gasteiger partial charge in [0.1, 0.15) is 0 Å². The van der Waals surface area contributed by atoms with E-state index < -0.39 is 6.04 Å². The number of hydrogen-bond donors (Lipinski definition) is 0. The van der Waals surface area contributed by atoms with Gasteiger partial charge in [-0.2, -0.15) is 9.97 Å². The number of aromatic nitrogens is 5. The molecular formula is C45H29N5. The molecule has 0 radical (unpaired) electrons. The Labute approximate surface area is 295 Å². The summed E-state index contributed by atoms with van der Waals surface area (Å²) in [5.41, 5.74) is 7.37. The molecule has 0 aliphatic carbocycles. The van der Waals surface area contributed by atoms with Gasteiger partial charge in [-0.15, -0.1) is 0 Å². The molecule has 3 aromatic heterocycles. The van der Waals surface area contributed by atoms with Crippen molar-refractivity contribution in [1.29, 1.82) is 0 Å². The van der Waals surface area contributed by atoms with Crippen LogP contribution in [0, 0.1) is 0 Å². The standard InChI is InChI=1S/C45H29N5/c1-4-14-30(15-5-1)31-24-26-33(27-25-31)44-46-43(32-16-6-2-7-17-32)47-45(48-44)50-40-23-13-11-21-36(40)38-28-41-37(29-42(38)50)35-20-10-12-22-39(35)49(41)34-18-8-3-9-19-34/h1-29H/i1D,4D,5D,14D,15D. The number of hydrogen-bond acceptors (Lipinski definition) is 3. The second kappa shape index (κ2) is 11.4. The maximum Gasteiger partial charge on any atom is 0.238 e. The van der Waals surface area contributed by atoms with Gasteiger partial charge in [-0.3, -0.25) is 4.57 Å². The van der Waals surface area contributed by atoms with E-state index in [0.29, 0.717) is 28.7 Å². The number of para-hydroxylation sites is 3. The average Bonchev–Trinajstić information content (AvgIpc) is 3.74. The van der Waals surface area contributed by atoms with Crippen molar-refractivity contribution in [2.75, 3.05) is 0 Å². The smallest absolute Gasteiger partial charge is 0.238 e. The van der Waals surface area contributed by atoms with Gasteiger partial charge >= 0.3 is 0 Å². The number of fused-ring (bicyclic) bond motifs is 6. The molecule has 234 valence electrons. The molecule has 0 spiro atoms. The first-order chi connectivity index (χ1) is 26.9. The lowest BCUT2D eigenvalue weighted by atomic mass is 10.0. The van der Waals surface area contributed by atoms with Gasteiger partial charge in [-0.05, 0) is 47.5 Å². The van der Waals surface area contributed by atoms with Gasteiger partial charge in [0.2, 0.25) is 5.95 Å². The Balaban J connectivity index is 1.22. The second-order valence-corrected chi connectivity index (χ2v) is 12.2.